The lowest BCUT2D eigenvalue weighted by atomic mass is 10.1. The number of hydrogen-bond acceptors (Lipinski definition) is 4. The van der Waals surface area contributed by atoms with Crippen molar-refractivity contribution in [3.05, 3.63) is 17.7 Å². The minimum Gasteiger partial charge on any atom is -0.497 e. The van der Waals surface area contributed by atoms with Gasteiger partial charge in [-0.25, -0.2) is 13.1 Å². The molecule has 0 spiro atoms. The van der Waals surface area contributed by atoms with Gasteiger partial charge in [-0.15, -0.1) is 0 Å². The van der Waals surface area contributed by atoms with Crippen molar-refractivity contribution in [1.82, 2.24) is 4.72 Å². The third-order valence-electron chi connectivity index (χ3n) is 2.74. The molecule has 114 valence electrons. The molecule has 5 nitrogen and oxygen atoms in total. The topological polar surface area (TPSA) is 64.6 Å². The largest absolute Gasteiger partial charge is 0.497 e. The molecule has 0 heterocycles. The van der Waals surface area contributed by atoms with Gasteiger partial charge in [0.15, 0.2) is 0 Å². The van der Waals surface area contributed by atoms with E-state index < -0.39 is 10.0 Å². The first-order chi connectivity index (χ1) is 9.35. The van der Waals surface area contributed by atoms with Crippen molar-refractivity contribution in [2.45, 2.75) is 44.6 Å². The van der Waals surface area contributed by atoms with Gasteiger partial charge < -0.3 is 9.47 Å². The van der Waals surface area contributed by atoms with Crippen LogP contribution in [0.15, 0.2) is 17.0 Å². The van der Waals surface area contributed by atoms with Crippen LogP contribution in [0.4, 0.5) is 0 Å². The van der Waals surface area contributed by atoms with E-state index in [1.807, 2.05) is 6.92 Å². The molecule has 0 bridgehead atoms. The van der Waals surface area contributed by atoms with E-state index in [9.17, 15) is 8.42 Å². The highest BCUT2D eigenvalue weighted by molar-refractivity contribution is 7.89. The molecular weight excluding hydrogens is 278 g/mol. The minimum atomic E-state index is -3.61. The maximum atomic E-state index is 12.5. The Morgan fingerprint density at radius 2 is 1.85 bits per heavy atom. The van der Waals surface area contributed by atoms with Crippen LogP contribution in [0.1, 0.15) is 32.8 Å². The predicted molar refractivity (Wildman–Crippen MR) is 79.0 cm³/mol. The van der Waals surface area contributed by atoms with Gasteiger partial charge in [0.1, 0.15) is 16.4 Å². The fraction of sp³-hybridized carbons (Fsp3) is 0.571. The average Bonchev–Trinajstić information content (AvgIpc) is 2.36. The highest BCUT2D eigenvalue weighted by atomic mass is 32.2. The molecule has 0 aromatic heterocycles. The Morgan fingerprint density at radius 3 is 2.30 bits per heavy atom. The second-order valence-electron chi connectivity index (χ2n) is 4.84. The first kappa shape index (κ1) is 16.8. The first-order valence-electron chi connectivity index (χ1n) is 6.63. The maximum Gasteiger partial charge on any atom is 0.244 e. The van der Waals surface area contributed by atoms with E-state index in [0.29, 0.717) is 23.5 Å². The summed E-state index contributed by atoms with van der Waals surface area (Å²) in [6, 6.07) is 3.16. The van der Waals surface area contributed by atoms with Crippen molar-refractivity contribution < 1.29 is 17.9 Å². The van der Waals surface area contributed by atoms with Crippen LogP contribution in [-0.4, -0.2) is 28.7 Å². The molecule has 1 rings (SSSR count). The highest BCUT2D eigenvalue weighted by Crippen LogP contribution is 2.33. The zero-order valence-corrected chi connectivity index (χ0v) is 13.5. The molecule has 0 amide bonds. The standard InChI is InChI=1S/C14H23NO4S/c1-6-7-11-8-12(18-4)9-13(19-5)14(11)20(16,17)15-10(2)3/h8-10,15H,6-7H2,1-5H3. The van der Waals surface area contributed by atoms with Crippen molar-refractivity contribution in [1.29, 1.82) is 0 Å². The van der Waals surface area contributed by atoms with Gasteiger partial charge in [-0.1, -0.05) is 13.3 Å². The summed E-state index contributed by atoms with van der Waals surface area (Å²) in [5, 5.41) is 0. The Bertz CT molecular complexity index is 553. The summed E-state index contributed by atoms with van der Waals surface area (Å²) in [6.45, 7) is 5.57. The number of ether oxygens (including phenoxy) is 2. The Balaban J connectivity index is 3.49. The number of sulfonamides is 1. The zero-order valence-electron chi connectivity index (χ0n) is 12.7. The number of benzene rings is 1. The van der Waals surface area contributed by atoms with Crippen molar-refractivity contribution in [3.63, 3.8) is 0 Å². The third-order valence-corrected chi connectivity index (χ3v) is 4.52. The summed E-state index contributed by atoms with van der Waals surface area (Å²) in [4.78, 5) is 0.205. The Kier molecular flexibility index (Phi) is 5.83. The van der Waals surface area contributed by atoms with E-state index in [0.717, 1.165) is 6.42 Å². The number of hydrogen-bond donors (Lipinski definition) is 1. The molecule has 1 aromatic rings. The van der Waals surface area contributed by atoms with Crippen LogP contribution >= 0.6 is 0 Å². The summed E-state index contributed by atoms with van der Waals surface area (Å²) in [7, 11) is -0.607. The van der Waals surface area contributed by atoms with E-state index in [-0.39, 0.29) is 10.9 Å². The van der Waals surface area contributed by atoms with Crippen molar-refractivity contribution >= 4 is 10.0 Å². The molecule has 0 aliphatic carbocycles. The molecule has 1 aromatic carbocycles. The smallest absolute Gasteiger partial charge is 0.244 e. The molecule has 0 aliphatic rings. The normalized spacial score (nSPS) is 11.7. The van der Waals surface area contributed by atoms with Crippen LogP contribution in [0.25, 0.3) is 0 Å². The lowest BCUT2D eigenvalue weighted by molar-refractivity contribution is 0.384. The SMILES string of the molecule is CCCc1cc(OC)cc(OC)c1S(=O)(=O)NC(C)C. The van der Waals surface area contributed by atoms with E-state index in [4.69, 9.17) is 9.47 Å². The van der Waals surface area contributed by atoms with Gasteiger partial charge in [-0.3, -0.25) is 0 Å². The maximum absolute atomic E-state index is 12.5. The van der Waals surface area contributed by atoms with Crippen LogP contribution in [0.2, 0.25) is 0 Å². The summed E-state index contributed by atoms with van der Waals surface area (Å²) < 4.78 is 38.0. The van der Waals surface area contributed by atoms with Gasteiger partial charge in [0.2, 0.25) is 10.0 Å². The average molecular weight is 301 g/mol. The molecular formula is C14H23NO4S. The summed E-state index contributed by atoms with van der Waals surface area (Å²) in [5.74, 6) is 0.898. The second kappa shape index (κ2) is 6.95. The van der Waals surface area contributed by atoms with Crippen molar-refractivity contribution in [2.24, 2.45) is 0 Å². The lowest BCUT2D eigenvalue weighted by Gasteiger charge is -2.17. The molecule has 0 atom stereocenters. The fourth-order valence-corrected chi connectivity index (χ4v) is 3.68. The molecule has 0 radical (unpaired) electrons. The molecule has 0 unspecified atom stereocenters. The zero-order chi connectivity index (χ0) is 15.3. The van der Waals surface area contributed by atoms with Gasteiger partial charge in [0, 0.05) is 12.1 Å². The second-order valence-corrected chi connectivity index (χ2v) is 6.49. The highest BCUT2D eigenvalue weighted by Gasteiger charge is 2.25. The number of aryl methyl sites for hydroxylation is 1. The lowest BCUT2D eigenvalue weighted by Crippen LogP contribution is -2.31. The van der Waals surface area contributed by atoms with Gasteiger partial charge in [-0.05, 0) is 31.9 Å². The minimum absolute atomic E-state index is 0.179. The van der Waals surface area contributed by atoms with Crippen molar-refractivity contribution in [2.75, 3.05) is 14.2 Å². The van der Waals surface area contributed by atoms with Gasteiger partial charge in [-0.2, -0.15) is 0 Å². The number of methoxy groups -OCH3 is 2. The third kappa shape index (κ3) is 3.86. The van der Waals surface area contributed by atoms with Gasteiger partial charge in [0.25, 0.3) is 0 Å². The molecule has 0 fully saturated rings. The number of nitrogens with one attached hydrogen (secondary N) is 1. The van der Waals surface area contributed by atoms with E-state index in [1.165, 1.54) is 7.11 Å². The van der Waals surface area contributed by atoms with Crippen LogP contribution in [-0.2, 0) is 16.4 Å². The first-order valence-corrected chi connectivity index (χ1v) is 8.11. The quantitative estimate of drug-likeness (QED) is 0.839. The Hall–Kier alpha value is -1.27. The number of rotatable bonds is 7. The monoisotopic (exact) mass is 301 g/mol. The molecule has 1 N–H and O–H groups in total. The van der Waals surface area contributed by atoms with E-state index in [2.05, 4.69) is 4.72 Å². The Morgan fingerprint density at radius 1 is 1.20 bits per heavy atom. The van der Waals surface area contributed by atoms with Crippen LogP contribution in [0, 0.1) is 0 Å². The van der Waals surface area contributed by atoms with E-state index in [1.54, 1.807) is 33.1 Å². The molecule has 0 saturated carbocycles. The fourth-order valence-electron chi connectivity index (χ4n) is 2.03. The molecule has 0 aliphatic heterocycles. The van der Waals surface area contributed by atoms with Crippen molar-refractivity contribution in [3.8, 4) is 11.5 Å². The van der Waals surface area contributed by atoms with Crippen LogP contribution in [0.5, 0.6) is 11.5 Å². The molecule has 0 saturated heterocycles. The van der Waals surface area contributed by atoms with E-state index >= 15 is 0 Å². The predicted octanol–water partition coefficient (Wildman–Crippen LogP) is 2.34. The molecule has 20 heavy (non-hydrogen) atoms. The van der Waals surface area contributed by atoms with Crippen LogP contribution in [0.3, 0.4) is 0 Å². The Labute approximate surface area is 121 Å². The molecule has 6 heteroatoms. The van der Waals surface area contributed by atoms with Crippen LogP contribution < -0.4 is 14.2 Å². The summed E-state index contributed by atoms with van der Waals surface area (Å²) in [5.41, 5.74) is 0.705. The van der Waals surface area contributed by atoms with Gasteiger partial charge in [0.05, 0.1) is 14.2 Å². The summed E-state index contributed by atoms with van der Waals surface area (Å²) >= 11 is 0. The summed E-state index contributed by atoms with van der Waals surface area (Å²) in [6.07, 6.45) is 1.47. The van der Waals surface area contributed by atoms with Gasteiger partial charge >= 0.3 is 0 Å².